The van der Waals surface area contributed by atoms with E-state index in [-0.39, 0.29) is 0 Å². The Labute approximate surface area is 226 Å². The number of nitrogens with one attached hydrogen (secondary N) is 1. The minimum Gasteiger partial charge on any atom is -0.491 e. The molecule has 3 aromatic carbocycles. The number of aromatic nitrogens is 1. The van der Waals surface area contributed by atoms with Crippen LogP contribution in [-0.2, 0) is 24.2 Å². The summed E-state index contributed by atoms with van der Waals surface area (Å²) in [6, 6.07) is 30.1. The molecule has 0 amide bonds. The van der Waals surface area contributed by atoms with E-state index in [2.05, 4.69) is 83.6 Å². The molecular formula is C33H37N3O2. The molecule has 0 saturated carbocycles. The summed E-state index contributed by atoms with van der Waals surface area (Å²) in [6.07, 6.45) is 2.58. The number of pyridine rings is 1. The van der Waals surface area contributed by atoms with Crippen LogP contribution in [0.5, 0.6) is 5.75 Å². The molecular weight excluding hydrogens is 470 g/mol. The van der Waals surface area contributed by atoms with Gasteiger partial charge in [-0.3, -0.25) is 4.90 Å². The van der Waals surface area contributed by atoms with Crippen molar-refractivity contribution < 1.29 is 9.47 Å². The lowest BCUT2D eigenvalue weighted by Gasteiger charge is -2.24. The molecule has 5 heteroatoms. The van der Waals surface area contributed by atoms with Crippen molar-refractivity contribution in [2.24, 2.45) is 0 Å². The predicted molar refractivity (Wildman–Crippen MR) is 154 cm³/mol. The van der Waals surface area contributed by atoms with Crippen molar-refractivity contribution in [2.75, 3.05) is 31.7 Å². The Bertz CT molecular complexity index is 1310. The molecule has 0 fully saturated rings. The quantitative estimate of drug-likeness (QED) is 0.317. The summed E-state index contributed by atoms with van der Waals surface area (Å²) < 4.78 is 12.2. The van der Waals surface area contributed by atoms with Crippen LogP contribution in [0, 0.1) is 0 Å². The molecule has 0 radical (unpaired) electrons. The van der Waals surface area contributed by atoms with E-state index in [0.717, 1.165) is 48.9 Å². The summed E-state index contributed by atoms with van der Waals surface area (Å²) in [5, 5.41) is 3.41. The van der Waals surface area contributed by atoms with E-state index in [1.54, 1.807) is 6.20 Å². The van der Waals surface area contributed by atoms with Gasteiger partial charge in [0.05, 0.1) is 13.2 Å². The van der Waals surface area contributed by atoms with Gasteiger partial charge >= 0.3 is 0 Å². The van der Waals surface area contributed by atoms with Crippen LogP contribution in [0.2, 0.25) is 0 Å². The first-order valence-corrected chi connectivity index (χ1v) is 13.5. The fraction of sp³-hybridized carbons (Fsp3) is 0.303. The average molecular weight is 508 g/mol. The maximum Gasteiger partial charge on any atom is 0.130 e. The van der Waals surface area contributed by atoms with Crippen LogP contribution in [-0.4, -0.2) is 36.2 Å². The summed E-state index contributed by atoms with van der Waals surface area (Å²) in [4.78, 5) is 6.87. The molecule has 5 rings (SSSR count). The van der Waals surface area contributed by atoms with Gasteiger partial charge in [-0.15, -0.1) is 0 Å². The van der Waals surface area contributed by atoms with Crippen molar-refractivity contribution in [3.63, 3.8) is 0 Å². The Balaban J connectivity index is 1.36. The smallest absolute Gasteiger partial charge is 0.130 e. The third-order valence-electron chi connectivity index (χ3n) is 6.88. The molecule has 0 atom stereocenters. The van der Waals surface area contributed by atoms with Gasteiger partial charge in [0.25, 0.3) is 0 Å². The van der Waals surface area contributed by atoms with E-state index in [0.29, 0.717) is 25.7 Å². The van der Waals surface area contributed by atoms with E-state index in [9.17, 15) is 0 Å². The molecule has 1 aliphatic heterocycles. The highest BCUT2D eigenvalue weighted by Gasteiger charge is 2.12. The zero-order valence-corrected chi connectivity index (χ0v) is 22.4. The normalized spacial score (nSPS) is 14.8. The standard InChI is InChI=1S/C33H37N3O2/c1-25(2)29-11-9-26(10-12-29)23-36-16-17-37-18-19-38-32-14-13-31(35-33-8-3-4-15-34-33)22-30(32)21-27-6-5-7-28(20-27)24-36/h3-15,20,22,25H,16-19,21,23-24H2,1-2H3,(H,34,35). The molecule has 1 aliphatic rings. The van der Waals surface area contributed by atoms with Crippen LogP contribution in [0.1, 0.15) is 47.6 Å². The van der Waals surface area contributed by atoms with Gasteiger partial charge in [0.1, 0.15) is 18.2 Å². The van der Waals surface area contributed by atoms with Crippen LogP contribution in [0.3, 0.4) is 0 Å². The zero-order chi connectivity index (χ0) is 26.2. The number of rotatable bonds is 5. The van der Waals surface area contributed by atoms with Crippen LogP contribution < -0.4 is 10.1 Å². The number of ether oxygens (including phenoxy) is 2. The maximum atomic E-state index is 6.18. The lowest BCUT2D eigenvalue weighted by atomic mass is 10.0. The predicted octanol–water partition coefficient (Wildman–Crippen LogP) is 6.95. The summed E-state index contributed by atoms with van der Waals surface area (Å²) >= 11 is 0. The highest BCUT2D eigenvalue weighted by Crippen LogP contribution is 2.28. The monoisotopic (exact) mass is 507 g/mol. The molecule has 0 unspecified atom stereocenters. The largest absolute Gasteiger partial charge is 0.491 e. The third-order valence-corrected chi connectivity index (χ3v) is 6.88. The van der Waals surface area contributed by atoms with E-state index in [1.807, 2.05) is 30.3 Å². The Hall–Kier alpha value is -3.67. The third kappa shape index (κ3) is 7.21. The van der Waals surface area contributed by atoms with Gasteiger partial charge in [0, 0.05) is 43.5 Å². The highest BCUT2D eigenvalue weighted by atomic mass is 16.5. The lowest BCUT2D eigenvalue weighted by molar-refractivity contribution is 0.0757. The van der Waals surface area contributed by atoms with Gasteiger partial charge in [-0.1, -0.05) is 68.4 Å². The number of nitrogens with zero attached hydrogens (tertiary/aromatic N) is 2. The van der Waals surface area contributed by atoms with Crippen molar-refractivity contribution >= 4 is 11.5 Å². The summed E-state index contributed by atoms with van der Waals surface area (Å²) in [5.74, 6) is 2.27. The lowest BCUT2D eigenvalue weighted by Crippen LogP contribution is -2.27. The van der Waals surface area contributed by atoms with Gasteiger partial charge in [-0.2, -0.15) is 0 Å². The fourth-order valence-corrected chi connectivity index (χ4v) is 4.82. The van der Waals surface area contributed by atoms with Crippen LogP contribution in [0.4, 0.5) is 11.5 Å². The van der Waals surface area contributed by atoms with Crippen LogP contribution in [0.25, 0.3) is 0 Å². The number of fused-ring (bicyclic) bond motifs is 3. The number of anilines is 2. The Morgan fingerprint density at radius 2 is 1.74 bits per heavy atom. The van der Waals surface area contributed by atoms with Crippen molar-refractivity contribution in [2.45, 2.75) is 39.3 Å². The Kier molecular flexibility index (Phi) is 8.69. The molecule has 196 valence electrons. The number of hydrogen-bond acceptors (Lipinski definition) is 5. The Morgan fingerprint density at radius 1 is 0.868 bits per heavy atom. The van der Waals surface area contributed by atoms with E-state index >= 15 is 0 Å². The van der Waals surface area contributed by atoms with Gasteiger partial charge in [0.15, 0.2) is 0 Å². The minimum atomic E-state index is 0.525. The molecule has 4 aromatic rings. The van der Waals surface area contributed by atoms with E-state index in [1.165, 1.54) is 22.3 Å². The number of hydrogen-bond donors (Lipinski definition) is 1. The van der Waals surface area contributed by atoms with E-state index in [4.69, 9.17) is 9.47 Å². The Morgan fingerprint density at radius 3 is 2.55 bits per heavy atom. The highest BCUT2D eigenvalue weighted by molar-refractivity contribution is 5.59. The SMILES string of the molecule is CC(C)c1ccc(CN2CCOCCOc3ccc(Nc4ccccn4)cc3Cc3cccc(c3)C2)cc1. The molecule has 5 nitrogen and oxygen atoms in total. The van der Waals surface area contributed by atoms with Gasteiger partial charge in [-0.25, -0.2) is 4.98 Å². The molecule has 1 N–H and O–H groups in total. The second kappa shape index (κ2) is 12.7. The van der Waals surface area contributed by atoms with Gasteiger partial charge in [-0.05, 0) is 58.5 Å². The molecule has 1 aromatic heterocycles. The first-order valence-electron chi connectivity index (χ1n) is 13.5. The van der Waals surface area contributed by atoms with Gasteiger partial charge in [0.2, 0.25) is 0 Å². The average Bonchev–Trinajstić information content (AvgIpc) is 2.92. The van der Waals surface area contributed by atoms with Gasteiger partial charge < -0.3 is 14.8 Å². The minimum absolute atomic E-state index is 0.525. The van der Waals surface area contributed by atoms with Crippen molar-refractivity contribution in [3.8, 4) is 5.75 Å². The first kappa shape index (κ1) is 26.0. The second-order valence-corrected chi connectivity index (χ2v) is 10.2. The molecule has 2 bridgehead atoms. The van der Waals surface area contributed by atoms with Crippen LogP contribution in [0.15, 0.2) is 91.1 Å². The number of benzene rings is 3. The van der Waals surface area contributed by atoms with Crippen molar-refractivity contribution in [1.29, 1.82) is 0 Å². The van der Waals surface area contributed by atoms with Crippen molar-refractivity contribution in [3.05, 3.63) is 119 Å². The second-order valence-electron chi connectivity index (χ2n) is 10.2. The van der Waals surface area contributed by atoms with Crippen molar-refractivity contribution in [1.82, 2.24) is 9.88 Å². The molecule has 2 heterocycles. The molecule has 0 saturated heterocycles. The summed E-state index contributed by atoms with van der Waals surface area (Å²) in [5.41, 5.74) is 7.43. The summed E-state index contributed by atoms with van der Waals surface area (Å²) in [7, 11) is 0. The maximum absolute atomic E-state index is 6.18. The van der Waals surface area contributed by atoms with Crippen LogP contribution >= 0.6 is 0 Å². The first-order chi connectivity index (χ1) is 18.6. The zero-order valence-electron chi connectivity index (χ0n) is 22.4. The summed E-state index contributed by atoms with van der Waals surface area (Å²) in [6.45, 7) is 8.89. The molecule has 38 heavy (non-hydrogen) atoms. The fourth-order valence-electron chi connectivity index (χ4n) is 4.82. The molecule has 0 spiro atoms. The van der Waals surface area contributed by atoms with E-state index < -0.39 is 0 Å². The topological polar surface area (TPSA) is 46.6 Å². The molecule has 0 aliphatic carbocycles.